The lowest BCUT2D eigenvalue weighted by molar-refractivity contribution is 0.224. The van der Waals surface area contributed by atoms with Crippen molar-refractivity contribution in [1.29, 1.82) is 0 Å². The molecule has 1 aliphatic rings. The fourth-order valence-corrected chi connectivity index (χ4v) is 4.43. The van der Waals surface area contributed by atoms with Crippen molar-refractivity contribution in [2.75, 3.05) is 11.6 Å². The number of hydrogen-bond acceptors (Lipinski definition) is 4. The number of halogens is 2. The van der Waals surface area contributed by atoms with Crippen molar-refractivity contribution < 1.29 is 9.90 Å². The van der Waals surface area contributed by atoms with E-state index in [4.69, 9.17) is 23.2 Å². The van der Waals surface area contributed by atoms with E-state index in [1.165, 1.54) is 16.3 Å². The van der Waals surface area contributed by atoms with Crippen LogP contribution in [0, 0.1) is 0 Å². The molecular weight excluding hydrogens is 429 g/mol. The Morgan fingerprint density at radius 3 is 2.52 bits per heavy atom. The van der Waals surface area contributed by atoms with Gasteiger partial charge in [0.05, 0.1) is 12.2 Å². The molecule has 0 aliphatic carbocycles. The summed E-state index contributed by atoms with van der Waals surface area (Å²) in [6.07, 6.45) is 1.50. The minimum atomic E-state index is -0.633. The second-order valence-electron chi connectivity index (χ2n) is 6.52. The van der Waals surface area contributed by atoms with E-state index in [1.807, 2.05) is 41.8 Å². The molecule has 1 aromatic heterocycles. The zero-order valence-electron chi connectivity index (χ0n) is 15.2. The topological polar surface area (TPSA) is 64.9 Å². The Labute approximate surface area is 182 Å². The van der Waals surface area contributed by atoms with Crippen molar-refractivity contribution in [3.63, 3.8) is 0 Å². The number of aliphatic hydroxyl groups excluding tert-OH is 1. The first-order valence-electron chi connectivity index (χ1n) is 8.91. The molecule has 0 radical (unpaired) electrons. The van der Waals surface area contributed by atoms with Crippen molar-refractivity contribution in [3.8, 4) is 0 Å². The van der Waals surface area contributed by atoms with Gasteiger partial charge in [-0.15, -0.1) is 11.3 Å². The van der Waals surface area contributed by atoms with Crippen LogP contribution < -0.4 is 10.3 Å². The van der Waals surface area contributed by atoms with E-state index in [0.717, 1.165) is 21.6 Å². The second-order valence-corrected chi connectivity index (χ2v) is 8.31. The first-order chi connectivity index (χ1) is 14.0. The van der Waals surface area contributed by atoms with E-state index in [-0.39, 0.29) is 6.03 Å². The van der Waals surface area contributed by atoms with Gasteiger partial charge in [-0.2, -0.15) is 10.1 Å². The Morgan fingerprint density at radius 1 is 1.17 bits per heavy atom. The van der Waals surface area contributed by atoms with E-state index in [1.54, 1.807) is 18.3 Å². The van der Waals surface area contributed by atoms with Crippen LogP contribution in [0.3, 0.4) is 0 Å². The number of aliphatic hydroxyl groups is 1. The van der Waals surface area contributed by atoms with Gasteiger partial charge in [0.25, 0.3) is 0 Å². The summed E-state index contributed by atoms with van der Waals surface area (Å²) >= 11 is 14.5. The summed E-state index contributed by atoms with van der Waals surface area (Å²) in [5, 5.41) is 21.3. The van der Waals surface area contributed by atoms with Crippen LogP contribution in [0.1, 0.15) is 27.7 Å². The standard InChI is InChI=1S/C21H17Cl2N3O2S/c22-17-11-15(26-21(28)24-7-8-25-26)12-18(23)16(17)10-13-3-5-14(6-4-13)20(27)19-2-1-9-29-19/h1-6,8-9,11-12,20,27H,7,10H2,(H,24,28). The average Bonchev–Trinajstić information content (AvgIpc) is 3.26. The fraction of sp³-hybridized carbons (Fsp3) is 0.143. The largest absolute Gasteiger partial charge is 0.383 e. The molecule has 4 rings (SSSR count). The molecule has 0 saturated carbocycles. The van der Waals surface area contributed by atoms with E-state index >= 15 is 0 Å². The summed E-state index contributed by atoms with van der Waals surface area (Å²) in [5.41, 5.74) is 3.12. The number of hydrogen-bond donors (Lipinski definition) is 2. The molecule has 2 aromatic carbocycles. The molecule has 2 N–H and O–H groups in total. The molecule has 0 saturated heterocycles. The fourth-order valence-electron chi connectivity index (χ4n) is 3.08. The summed E-state index contributed by atoms with van der Waals surface area (Å²) in [5.74, 6) is 0. The molecule has 29 heavy (non-hydrogen) atoms. The number of carbonyl (C=O) groups is 1. The van der Waals surface area contributed by atoms with Crippen LogP contribution in [-0.4, -0.2) is 23.9 Å². The number of thiophene rings is 1. The molecule has 2 heterocycles. The Bertz CT molecular complexity index is 1030. The predicted octanol–water partition coefficient (Wildman–Crippen LogP) is 5.24. The highest BCUT2D eigenvalue weighted by Gasteiger charge is 2.20. The number of rotatable bonds is 5. The maximum Gasteiger partial charge on any atom is 0.342 e. The number of amides is 2. The van der Waals surface area contributed by atoms with E-state index < -0.39 is 6.10 Å². The highest BCUT2D eigenvalue weighted by atomic mass is 35.5. The number of anilines is 1. The summed E-state index contributed by atoms with van der Waals surface area (Å²) in [4.78, 5) is 12.9. The minimum absolute atomic E-state index is 0.327. The Hall–Kier alpha value is -2.38. The van der Waals surface area contributed by atoms with Gasteiger partial charge in [-0.3, -0.25) is 0 Å². The minimum Gasteiger partial charge on any atom is -0.383 e. The number of urea groups is 1. The van der Waals surface area contributed by atoms with E-state index in [2.05, 4.69) is 10.4 Å². The molecule has 148 valence electrons. The molecule has 3 aromatic rings. The molecule has 1 atom stereocenters. The van der Waals surface area contributed by atoms with Gasteiger partial charge >= 0.3 is 6.03 Å². The van der Waals surface area contributed by atoms with Crippen molar-refractivity contribution in [2.45, 2.75) is 12.5 Å². The zero-order chi connectivity index (χ0) is 20.4. The van der Waals surface area contributed by atoms with Crippen molar-refractivity contribution >= 4 is 52.5 Å². The maximum absolute atomic E-state index is 12.0. The quantitative estimate of drug-likeness (QED) is 0.563. The molecular formula is C21H17Cl2N3O2S. The highest BCUT2D eigenvalue weighted by molar-refractivity contribution is 7.10. The lowest BCUT2D eigenvalue weighted by Gasteiger charge is -2.22. The van der Waals surface area contributed by atoms with Gasteiger partial charge in [0, 0.05) is 27.6 Å². The van der Waals surface area contributed by atoms with Crippen LogP contribution in [0.4, 0.5) is 10.5 Å². The lowest BCUT2D eigenvalue weighted by atomic mass is 10.0. The van der Waals surface area contributed by atoms with Crippen molar-refractivity contribution in [2.24, 2.45) is 5.10 Å². The molecule has 8 heteroatoms. The predicted molar refractivity (Wildman–Crippen MR) is 118 cm³/mol. The number of nitrogens with zero attached hydrogens (tertiary/aromatic N) is 2. The van der Waals surface area contributed by atoms with Crippen LogP contribution in [0.15, 0.2) is 59.0 Å². The SMILES string of the molecule is O=C1NCC=NN1c1cc(Cl)c(Cc2ccc(C(O)c3cccs3)cc2)c(Cl)c1. The molecule has 0 spiro atoms. The maximum atomic E-state index is 12.0. The van der Waals surface area contributed by atoms with Gasteiger partial charge in [0.2, 0.25) is 0 Å². The van der Waals surface area contributed by atoms with Crippen LogP contribution in [-0.2, 0) is 6.42 Å². The summed E-state index contributed by atoms with van der Waals surface area (Å²) in [6.45, 7) is 0.395. The molecule has 1 aliphatic heterocycles. The Morgan fingerprint density at radius 2 is 1.90 bits per heavy atom. The van der Waals surface area contributed by atoms with Crippen molar-refractivity contribution in [3.05, 3.63) is 85.5 Å². The third kappa shape index (κ3) is 4.31. The summed E-state index contributed by atoms with van der Waals surface area (Å²) in [6, 6.07) is 14.6. The Kier molecular flexibility index (Phi) is 5.87. The van der Waals surface area contributed by atoms with Gasteiger partial charge in [-0.1, -0.05) is 53.5 Å². The first kappa shape index (κ1) is 19.9. The van der Waals surface area contributed by atoms with Gasteiger partial charge in [-0.05, 0) is 40.3 Å². The molecule has 0 fully saturated rings. The van der Waals surface area contributed by atoms with Crippen LogP contribution >= 0.6 is 34.5 Å². The number of hydrazone groups is 1. The van der Waals surface area contributed by atoms with Crippen LogP contribution in [0.25, 0.3) is 0 Å². The molecule has 1 unspecified atom stereocenters. The summed E-state index contributed by atoms with van der Waals surface area (Å²) in [7, 11) is 0. The monoisotopic (exact) mass is 445 g/mol. The van der Waals surface area contributed by atoms with E-state index in [9.17, 15) is 9.90 Å². The van der Waals surface area contributed by atoms with Gasteiger partial charge in [0.1, 0.15) is 6.10 Å². The summed E-state index contributed by atoms with van der Waals surface area (Å²) < 4.78 is 0. The number of carbonyl (C=O) groups excluding carboxylic acids is 1. The lowest BCUT2D eigenvalue weighted by Crippen LogP contribution is -2.41. The zero-order valence-corrected chi connectivity index (χ0v) is 17.5. The Balaban J connectivity index is 1.54. The van der Waals surface area contributed by atoms with Gasteiger partial charge in [0.15, 0.2) is 0 Å². The third-order valence-electron chi connectivity index (χ3n) is 4.59. The normalized spacial score (nSPS) is 14.7. The van der Waals surface area contributed by atoms with Gasteiger partial charge < -0.3 is 10.4 Å². The molecule has 0 bridgehead atoms. The van der Waals surface area contributed by atoms with Crippen molar-refractivity contribution in [1.82, 2.24) is 5.32 Å². The molecule has 5 nitrogen and oxygen atoms in total. The second kappa shape index (κ2) is 8.55. The van der Waals surface area contributed by atoms with Gasteiger partial charge in [-0.25, -0.2) is 4.79 Å². The highest BCUT2D eigenvalue weighted by Crippen LogP contribution is 2.33. The average molecular weight is 446 g/mol. The van der Waals surface area contributed by atoms with Crippen LogP contribution in [0.5, 0.6) is 0 Å². The third-order valence-corrected chi connectivity index (χ3v) is 6.19. The van der Waals surface area contributed by atoms with E-state index in [0.29, 0.717) is 28.7 Å². The number of benzene rings is 2. The first-order valence-corrected chi connectivity index (χ1v) is 10.5. The smallest absolute Gasteiger partial charge is 0.342 e. The van der Waals surface area contributed by atoms with Crippen LogP contribution in [0.2, 0.25) is 10.0 Å². The molecule has 2 amide bonds. The number of nitrogens with one attached hydrogen (secondary N) is 1.